The van der Waals surface area contributed by atoms with Gasteiger partial charge in [-0.05, 0) is 0 Å². The van der Waals surface area contributed by atoms with Crippen molar-refractivity contribution in [1.29, 1.82) is 0 Å². The molecule has 2 heterocycles. The molecule has 0 spiro atoms. The Morgan fingerprint density at radius 2 is 2.11 bits per heavy atom. The zero-order valence-corrected chi connectivity index (χ0v) is 13.3. The molecule has 0 saturated heterocycles. The maximum absolute atomic E-state index is 4.66. The molecule has 0 aliphatic rings. The number of nitrogens with one attached hydrogen (secondary N) is 1. The van der Waals surface area contributed by atoms with Crippen molar-refractivity contribution in [1.82, 2.24) is 15.2 Å². The highest BCUT2D eigenvalue weighted by Crippen LogP contribution is 2.30. The summed E-state index contributed by atoms with van der Waals surface area (Å²) in [5.41, 5.74) is 1.26. The fourth-order valence-electron chi connectivity index (χ4n) is 1.22. The standard InChI is InChI=1S/C11H16N4S3/c1-11(2,3)8-13-7(5-16-8)6-17-10-15-14-9(12-4)18-10/h5H,6H2,1-4H3,(H,12,14). The molecule has 0 unspecified atom stereocenters. The Labute approximate surface area is 119 Å². The van der Waals surface area contributed by atoms with Gasteiger partial charge in [0, 0.05) is 23.6 Å². The van der Waals surface area contributed by atoms with E-state index in [0.29, 0.717) is 0 Å². The molecule has 0 aromatic carbocycles. The van der Waals surface area contributed by atoms with Gasteiger partial charge in [-0.3, -0.25) is 0 Å². The van der Waals surface area contributed by atoms with E-state index in [-0.39, 0.29) is 5.41 Å². The maximum Gasteiger partial charge on any atom is 0.206 e. The Kier molecular flexibility index (Phi) is 4.24. The van der Waals surface area contributed by atoms with Gasteiger partial charge >= 0.3 is 0 Å². The summed E-state index contributed by atoms with van der Waals surface area (Å²) in [6.45, 7) is 6.56. The number of rotatable bonds is 4. The summed E-state index contributed by atoms with van der Waals surface area (Å²) < 4.78 is 0.977. The lowest BCUT2D eigenvalue weighted by atomic mass is 9.98. The van der Waals surface area contributed by atoms with E-state index in [1.807, 2.05) is 7.05 Å². The van der Waals surface area contributed by atoms with E-state index in [1.54, 1.807) is 34.4 Å². The van der Waals surface area contributed by atoms with Gasteiger partial charge < -0.3 is 5.32 Å². The Bertz CT molecular complexity index is 512. The zero-order chi connectivity index (χ0) is 13.2. The average molecular weight is 300 g/mol. The Hall–Kier alpha value is -0.660. The third-order valence-electron chi connectivity index (χ3n) is 2.16. The Balaban J connectivity index is 1.96. The highest BCUT2D eigenvalue weighted by Gasteiger charge is 2.18. The molecule has 0 bridgehead atoms. The number of thioether (sulfide) groups is 1. The first-order chi connectivity index (χ1) is 8.49. The number of aromatic nitrogens is 3. The minimum Gasteiger partial charge on any atom is -0.363 e. The molecule has 0 amide bonds. The van der Waals surface area contributed by atoms with Crippen LogP contribution in [0.25, 0.3) is 0 Å². The quantitative estimate of drug-likeness (QED) is 0.874. The van der Waals surface area contributed by atoms with Crippen molar-refractivity contribution in [2.75, 3.05) is 12.4 Å². The second kappa shape index (κ2) is 5.54. The first kappa shape index (κ1) is 13.8. The normalized spacial score (nSPS) is 11.8. The molecule has 7 heteroatoms. The van der Waals surface area contributed by atoms with E-state index < -0.39 is 0 Å². The molecule has 4 nitrogen and oxygen atoms in total. The highest BCUT2D eigenvalue weighted by molar-refractivity contribution is 8.00. The second-order valence-corrected chi connectivity index (χ2v) is 7.86. The summed E-state index contributed by atoms with van der Waals surface area (Å²) >= 11 is 4.98. The van der Waals surface area contributed by atoms with Crippen LogP contribution in [0.1, 0.15) is 31.5 Å². The van der Waals surface area contributed by atoms with Gasteiger partial charge in [0.2, 0.25) is 5.13 Å². The van der Waals surface area contributed by atoms with Crippen LogP contribution in [0, 0.1) is 0 Å². The van der Waals surface area contributed by atoms with Crippen molar-refractivity contribution in [3.8, 4) is 0 Å². The van der Waals surface area contributed by atoms with E-state index in [9.17, 15) is 0 Å². The van der Waals surface area contributed by atoms with Crippen molar-refractivity contribution in [3.05, 3.63) is 16.1 Å². The van der Waals surface area contributed by atoms with Crippen LogP contribution in [0.2, 0.25) is 0 Å². The lowest BCUT2D eigenvalue weighted by Gasteiger charge is -2.13. The molecule has 2 rings (SSSR count). The van der Waals surface area contributed by atoms with Crippen LogP contribution in [-0.4, -0.2) is 22.2 Å². The Morgan fingerprint density at radius 1 is 1.33 bits per heavy atom. The molecule has 0 atom stereocenters. The predicted octanol–water partition coefficient (Wildman–Crippen LogP) is 3.63. The average Bonchev–Trinajstić information content (AvgIpc) is 2.94. The van der Waals surface area contributed by atoms with Crippen LogP contribution in [-0.2, 0) is 11.2 Å². The summed E-state index contributed by atoms with van der Waals surface area (Å²) in [5.74, 6) is 0.852. The first-order valence-electron chi connectivity index (χ1n) is 5.58. The topological polar surface area (TPSA) is 50.7 Å². The van der Waals surface area contributed by atoms with E-state index >= 15 is 0 Å². The van der Waals surface area contributed by atoms with Crippen LogP contribution >= 0.6 is 34.4 Å². The summed E-state index contributed by atoms with van der Waals surface area (Å²) in [6.07, 6.45) is 0. The molecule has 98 valence electrons. The molecular weight excluding hydrogens is 284 g/mol. The van der Waals surface area contributed by atoms with Gasteiger partial charge in [0.25, 0.3) is 0 Å². The lowest BCUT2D eigenvalue weighted by Crippen LogP contribution is -2.10. The van der Waals surface area contributed by atoms with Gasteiger partial charge in [-0.2, -0.15) is 0 Å². The molecule has 0 saturated carbocycles. The molecule has 1 N–H and O–H groups in total. The highest BCUT2D eigenvalue weighted by atomic mass is 32.2. The van der Waals surface area contributed by atoms with Gasteiger partial charge in [0.1, 0.15) is 0 Å². The van der Waals surface area contributed by atoms with Gasteiger partial charge in [0.15, 0.2) is 4.34 Å². The van der Waals surface area contributed by atoms with E-state index in [4.69, 9.17) is 0 Å². The summed E-state index contributed by atoms with van der Waals surface area (Å²) in [5, 5.41) is 15.3. The van der Waals surface area contributed by atoms with Crippen LogP contribution in [0.4, 0.5) is 5.13 Å². The van der Waals surface area contributed by atoms with Crippen molar-refractivity contribution < 1.29 is 0 Å². The SMILES string of the molecule is CNc1nnc(SCc2csc(C(C)(C)C)n2)s1. The largest absolute Gasteiger partial charge is 0.363 e. The third-order valence-corrected chi connectivity index (χ3v) is 5.58. The van der Waals surface area contributed by atoms with Crippen LogP contribution < -0.4 is 5.32 Å². The third kappa shape index (κ3) is 3.43. The number of nitrogens with zero attached hydrogens (tertiary/aromatic N) is 3. The van der Waals surface area contributed by atoms with Gasteiger partial charge in [-0.1, -0.05) is 43.9 Å². The van der Waals surface area contributed by atoms with Crippen LogP contribution in [0.3, 0.4) is 0 Å². The van der Waals surface area contributed by atoms with Crippen molar-refractivity contribution in [2.24, 2.45) is 0 Å². The Morgan fingerprint density at radius 3 is 2.67 bits per heavy atom. The van der Waals surface area contributed by atoms with E-state index in [1.165, 1.54) is 5.01 Å². The number of anilines is 1. The minimum absolute atomic E-state index is 0.135. The molecule has 0 radical (unpaired) electrons. The van der Waals surface area contributed by atoms with Crippen LogP contribution in [0.5, 0.6) is 0 Å². The van der Waals surface area contributed by atoms with E-state index in [0.717, 1.165) is 20.9 Å². The van der Waals surface area contributed by atoms with Gasteiger partial charge in [0.05, 0.1) is 10.7 Å². The van der Waals surface area contributed by atoms with Crippen LogP contribution in [0.15, 0.2) is 9.72 Å². The van der Waals surface area contributed by atoms with E-state index in [2.05, 4.69) is 46.6 Å². The number of hydrogen-bond donors (Lipinski definition) is 1. The minimum atomic E-state index is 0.135. The second-order valence-electron chi connectivity index (χ2n) is 4.81. The summed E-state index contributed by atoms with van der Waals surface area (Å²) in [7, 11) is 1.85. The fraction of sp³-hybridized carbons (Fsp3) is 0.545. The first-order valence-corrected chi connectivity index (χ1v) is 8.26. The smallest absolute Gasteiger partial charge is 0.206 e. The predicted molar refractivity (Wildman–Crippen MR) is 79.8 cm³/mol. The van der Waals surface area contributed by atoms with Gasteiger partial charge in [-0.25, -0.2) is 4.98 Å². The fourth-order valence-corrected chi connectivity index (χ4v) is 3.83. The van der Waals surface area contributed by atoms with Gasteiger partial charge in [-0.15, -0.1) is 21.5 Å². The molecule has 2 aromatic rings. The molecule has 18 heavy (non-hydrogen) atoms. The molecule has 2 aromatic heterocycles. The van der Waals surface area contributed by atoms with Crippen molar-refractivity contribution >= 4 is 39.6 Å². The van der Waals surface area contributed by atoms with Crippen molar-refractivity contribution in [2.45, 2.75) is 36.3 Å². The molecular formula is C11H16N4S3. The lowest BCUT2D eigenvalue weighted by molar-refractivity contribution is 0.584. The molecule has 0 fully saturated rings. The molecule has 0 aliphatic carbocycles. The monoisotopic (exact) mass is 300 g/mol. The maximum atomic E-state index is 4.66. The van der Waals surface area contributed by atoms with Crippen molar-refractivity contribution in [3.63, 3.8) is 0 Å². The summed E-state index contributed by atoms with van der Waals surface area (Å²) in [4.78, 5) is 4.66. The summed E-state index contributed by atoms with van der Waals surface area (Å²) in [6, 6.07) is 0. The zero-order valence-electron chi connectivity index (χ0n) is 10.9. The molecule has 0 aliphatic heterocycles. The number of hydrogen-bond acceptors (Lipinski definition) is 7. The number of thiazole rings is 1.